The molecule has 0 radical (unpaired) electrons. The monoisotopic (exact) mass is 470 g/mol. The summed E-state index contributed by atoms with van der Waals surface area (Å²) in [4.78, 5) is 19.9. The molecule has 0 unspecified atom stereocenters. The van der Waals surface area contributed by atoms with Crippen LogP contribution in [0.5, 0.6) is 0 Å². The second-order valence-electron chi connectivity index (χ2n) is 6.85. The first-order valence-electron chi connectivity index (χ1n) is 9.59. The molecule has 10 heteroatoms. The van der Waals surface area contributed by atoms with E-state index in [0.717, 1.165) is 22.9 Å². The molecule has 7 nitrogen and oxygen atoms in total. The van der Waals surface area contributed by atoms with E-state index >= 15 is 0 Å². The molecule has 0 atom stereocenters. The van der Waals surface area contributed by atoms with Crippen molar-refractivity contribution in [3.63, 3.8) is 0 Å². The molecular weight excluding hydrogens is 451 g/mol. The Morgan fingerprint density at radius 1 is 1.03 bits per heavy atom. The summed E-state index contributed by atoms with van der Waals surface area (Å²) in [6, 6.07) is 19.0. The number of rotatable bonds is 8. The molecule has 0 aliphatic carbocycles. The lowest BCUT2D eigenvalue weighted by molar-refractivity contribution is -0.113. The van der Waals surface area contributed by atoms with Gasteiger partial charge >= 0.3 is 0 Å². The lowest BCUT2D eigenvalue weighted by Gasteiger charge is -2.11. The van der Waals surface area contributed by atoms with Gasteiger partial charge in [0, 0.05) is 5.69 Å². The number of nitrogens with one attached hydrogen (secondary N) is 3. The second-order valence-corrected chi connectivity index (χ2v) is 9.52. The molecule has 4 rings (SSSR count). The van der Waals surface area contributed by atoms with E-state index in [2.05, 4.69) is 20.0 Å². The van der Waals surface area contributed by atoms with Crippen molar-refractivity contribution in [2.24, 2.45) is 0 Å². The van der Waals surface area contributed by atoms with Gasteiger partial charge in [0.25, 0.3) is 10.0 Å². The van der Waals surface area contributed by atoms with Gasteiger partial charge < -0.3 is 10.3 Å². The van der Waals surface area contributed by atoms with Crippen LogP contribution in [0.25, 0.3) is 11.0 Å². The van der Waals surface area contributed by atoms with Crippen LogP contribution in [0.15, 0.2) is 77.7 Å². The van der Waals surface area contributed by atoms with Crippen molar-refractivity contribution in [2.75, 3.05) is 15.8 Å². The number of imidazole rings is 1. The van der Waals surface area contributed by atoms with Crippen LogP contribution >= 0.6 is 11.8 Å². The van der Waals surface area contributed by atoms with E-state index in [1.807, 2.05) is 24.3 Å². The minimum absolute atomic E-state index is 0.0894. The third-order valence-electron chi connectivity index (χ3n) is 4.46. The maximum absolute atomic E-state index is 13.8. The molecule has 0 fully saturated rings. The summed E-state index contributed by atoms with van der Waals surface area (Å²) >= 11 is 1.38. The van der Waals surface area contributed by atoms with Crippen molar-refractivity contribution in [3.8, 4) is 0 Å². The number of hydrogen-bond acceptors (Lipinski definition) is 5. The Balaban J connectivity index is 1.35. The molecule has 1 amide bonds. The Hall–Kier alpha value is -3.37. The van der Waals surface area contributed by atoms with E-state index in [-0.39, 0.29) is 22.2 Å². The van der Waals surface area contributed by atoms with E-state index in [1.54, 1.807) is 6.07 Å². The smallest absolute Gasteiger partial charge is 0.262 e. The zero-order valence-electron chi connectivity index (χ0n) is 16.7. The molecular formula is C22H19FN4O3S2. The highest BCUT2D eigenvalue weighted by Crippen LogP contribution is 2.21. The van der Waals surface area contributed by atoms with Gasteiger partial charge in [-0.15, -0.1) is 11.8 Å². The van der Waals surface area contributed by atoms with Gasteiger partial charge in [-0.3, -0.25) is 9.52 Å². The molecule has 0 saturated carbocycles. The Morgan fingerprint density at radius 2 is 1.81 bits per heavy atom. The van der Waals surface area contributed by atoms with Crippen molar-refractivity contribution >= 4 is 50.1 Å². The number of H-pyrrole nitrogens is 1. The van der Waals surface area contributed by atoms with E-state index in [0.29, 0.717) is 11.4 Å². The number of carbonyl (C=O) groups excluding carboxylic acids is 1. The van der Waals surface area contributed by atoms with Gasteiger partial charge in [-0.2, -0.15) is 0 Å². The molecule has 1 heterocycles. The Bertz CT molecular complexity index is 1340. The van der Waals surface area contributed by atoms with Crippen molar-refractivity contribution in [1.82, 2.24) is 9.97 Å². The number of hydrogen-bond donors (Lipinski definition) is 3. The van der Waals surface area contributed by atoms with Crippen LogP contribution in [-0.2, 0) is 20.6 Å². The average molecular weight is 471 g/mol. The fraction of sp³-hybridized carbons (Fsp3) is 0.0909. The van der Waals surface area contributed by atoms with Crippen molar-refractivity contribution in [1.29, 1.82) is 0 Å². The maximum atomic E-state index is 13.8. The van der Waals surface area contributed by atoms with Crippen LogP contribution in [0.3, 0.4) is 0 Å². The molecule has 0 aliphatic heterocycles. The van der Waals surface area contributed by atoms with Gasteiger partial charge in [0.1, 0.15) is 11.6 Å². The first-order chi connectivity index (χ1) is 15.4. The van der Waals surface area contributed by atoms with E-state index < -0.39 is 15.8 Å². The quantitative estimate of drug-likeness (QED) is 0.355. The number of amides is 1. The summed E-state index contributed by atoms with van der Waals surface area (Å²) in [6.07, 6.45) is 0. The SMILES string of the molecule is O=C(CSCc1nc2ccccc2[nH]1)Nc1cccc(S(=O)(=O)Nc2ccccc2F)c1. The number of nitrogens with zero attached hydrogens (tertiary/aromatic N) is 1. The summed E-state index contributed by atoms with van der Waals surface area (Å²) in [6.45, 7) is 0. The molecule has 32 heavy (non-hydrogen) atoms. The summed E-state index contributed by atoms with van der Waals surface area (Å²) < 4.78 is 41.2. The van der Waals surface area contributed by atoms with Gasteiger partial charge in [0.2, 0.25) is 5.91 Å². The number of anilines is 2. The summed E-state index contributed by atoms with van der Waals surface area (Å²) in [5, 5.41) is 2.69. The van der Waals surface area contributed by atoms with Crippen molar-refractivity contribution < 1.29 is 17.6 Å². The van der Waals surface area contributed by atoms with Crippen LogP contribution in [0.2, 0.25) is 0 Å². The molecule has 3 N–H and O–H groups in total. The average Bonchev–Trinajstić information content (AvgIpc) is 3.18. The van der Waals surface area contributed by atoms with Gasteiger partial charge in [0.15, 0.2) is 0 Å². The molecule has 0 spiro atoms. The molecule has 0 aliphatic rings. The highest BCUT2D eigenvalue weighted by molar-refractivity contribution is 7.99. The zero-order valence-corrected chi connectivity index (χ0v) is 18.3. The summed E-state index contributed by atoms with van der Waals surface area (Å²) in [5.41, 5.74) is 1.99. The lowest BCUT2D eigenvalue weighted by atomic mass is 10.3. The van der Waals surface area contributed by atoms with Crippen LogP contribution in [-0.4, -0.2) is 30.0 Å². The zero-order chi connectivity index (χ0) is 22.6. The largest absolute Gasteiger partial charge is 0.341 e. The molecule has 3 aromatic carbocycles. The van der Waals surface area contributed by atoms with Gasteiger partial charge in [0.05, 0.1) is 33.1 Å². The van der Waals surface area contributed by atoms with E-state index in [1.165, 1.54) is 48.2 Å². The number of para-hydroxylation sites is 3. The number of fused-ring (bicyclic) bond motifs is 1. The second kappa shape index (κ2) is 9.41. The van der Waals surface area contributed by atoms with Crippen molar-refractivity contribution in [3.05, 3.63) is 84.4 Å². The van der Waals surface area contributed by atoms with E-state index in [9.17, 15) is 17.6 Å². The van der Waals surface area contributed by atoms with Crippen LogP contribution in [0, 0.1) is 5.82 Å². The Kier molecular flexibility index (Phi) is 6.42. The topological polar surface area (TPSA) is 104 Å². The van der Waals surface area contributed by atoms with Gasteiger partial charge in [-0.1, -0.05) is 30.3 Å². The third kappa shape index (κ3) is 5.27. The van der Waals surface area contributed by atoms with Gasteiger partial charge in [-0.05, 0) is 42.5 Å². The van der Waals surface area contributed by atoms with Crippen LogP contribution in [0.4, 0.5) is 15.8 Å². The highest BCUT2D eigenvalue weighted by atomic mass is 32.2. The maximum Gasteiger partial charge on any atom is 0.262 e. The highest BCUT2D eigenvalue weighted by Gasteiger charge is 2.17. The molecule has 0 saturated heterocycles. The van der Waals surface area contributed by atoms with Crippen LogP contribution < -0.4 is 10.0 Å². The molecule has 164 valence electrons. The van der Waals surface area contributed by atoms with E-state index in [4.69, 9.17) is 0 Å². The first-order valence-corrected chi connectivity index (χ1v) is 12.2. The van der Waals surface area contributed by atoms with Crippen molar-refractivity contribution in [2.45, 2.75) is 10.6 Å². The molecule has 1 aromatic heterocycles. The number of aromatic amines is 1. The fourth-order valence-electron chi connectivity index (χ4n) is 3.00. The Labute approximate surface area is 188 Å². The molecule has 0 bridgehead atoms. The standard InChI is InChI=1S/C22H19FN4O3S2/c23-17-8-1-2-9-18(17)27-32(29,30)16-7-5-6-15(12-16)24-22(28)14-31-13-21-25-19-10-3-4-11-20(19)26-21/h1-12,27H,13-14H2,(H,24,28)(H,25,26). The van der Waals surface area contributed by atoms with Crippen LogP contribution in [0.1, 0.15) is 5.82 Å². The van der Waals surface area contributed by atoms with Gasteiger partial charge in [-0.25, -0.2) is 17.8 Å². The summed E-state index contributed by atoms with van der Waals surface area (Å²) in [7, 11) is -4.02. The third-order valence-corrected chi connectivity index (χ3v) is 6.76. The predicted octanol–water partition coefficient (Wildman–Crippen LogP) is 4.37. The number of aromatic nitrogens is 2. The number of carbonyl (C=O) groups is 1. The Morgan fingerprint density at radius 3 is 2.62 bits per heavy atom. The normalized spacial score (nSPS) is 11.4. The summed E-state index contributed by atoms with van der Waals surface area (Å²) in [5.74, 6) is 0.519. The predicted molar refractivity (Wildman–Crippen MR) is 125 cm³/mol. The molecule has 4 aromatic rings. The fourth-order valence-corrected chi connectivity index (χ4v) is 4.80. The minimum Gasteiger partial charge on any atom is -0.341 e. The number of benzene rings is 3. The number of sulfonamides is 1. The minimum atomic E-state index is -4.02. The first kappa shape index (κ1) is 21.8. The lowest BCUT2D eigenvalue weighted by Crippen LogP contribution is -2.16. The number of thioether (sulfide) groups is 1. The number of halogens is 1.